The van der Waals surface area contributed by atoms with Gasteiger partial charge in [-0.15, -0.1) is 0 Å². The minimum absolute atomic E-state index is 0.910. The van der Waals surface area contributed by atoms with Gasteiger partial charge in [-0.1, -0.05) is 42.0 Å². The zero-order chi connectivity index (χ0) is 11.4. The molecule has 1 nitrogen and oxygen atoms in total. The lowest BCUT2D eigenvalue weighted by molar-refractivity contribution is 0.414. The number of ether oxygens (including phenoxy) is 1. The highest BCUT2D eigenvalue weighted by molar-refractivity contribution is 5.32. The molecule has 1 heteroatoms. The SMILES string of the molecule is COc1ccc(Cc2cccc(C)c2)cc1. The Balaban J connectivity index is 2.14. The van der Waals surface area contributed by atoms with Crippen LogP contribution < -0.4 is 4.74 Å². The highest BCUT2D eigenvalue weighted by Crippen LogP contribution is 2.15. The number of benzene rings is 2. The van der Waals surface area contributed by atoms with Gasteiger partial charge < -0.3 is 4.74 Å². The van der Waals surface area contributed by atoms with Crippen LogP contribution in [-0.4, -0.2) is 7.11 Å². The number of hydrogen-bond acceptors (Lipinski definition) is 1. The van der Waals surface area contributed by atoms with Crippen LogP contribution in [0.25, 0.3) is 0 Å². The lowest BCUT2D eigenvalue weighted by atomic mass is 10.0. The molecule has 0 aliphatic carbocycles. The van der Waals surface area contributed by atoms with Gasteiger partial charge in [0.05, 0.1) is 7.11 Å². The van der Waals surface area contributed by atoms with Crippen molar-refractivity contribution in [2.45, 2.75) is 13.3 Å². The predicted octanol–water partition coefficient (Wildman–Crippen LogP) is 3.59. The highest BCUT2D eigenvalue weighted by Gasteiger charge is 1.97. The molecule has 2 aromatic rings. The van der Waals surface area contributed by atoms with Gasteiger partial charge in [-0.25, -0.2) is 0 Å². The van der Waals surface area contributed by atoms with E-state index in [9.17, 15) is 0 Å². The molecular weight excluding hydrogens is 196 g/mol. The Morgan fingerprint density at radius 2 is 1.69 bits per heavy atom. The van der Waals surface area contributed by atoms with E-state index in [2.05, 4.69) is 43.3 Å². The second-order valence-corrected chi connectivity index (χ2v) is 4.01. The van der Waals surface area contributed by atoms with E-state index in [1.165, 1.54) is 16.7 Å². The van der Waals surface area contributed by atoms with Crippen LogP contribution in [0, 0.1) is 6.92 Å². The first-order valence-electron chi connectivity index (χ1n) is 5.46. The standard InChI is InChI=1S/C15H16O/c1-12-4-3-5-14(10-12)11-13-6-8-15(16-2)9-7-13/h3-10H,11H2,1-2H3. The van der Waals surface area contributed by atoms with E-state index in [1.54, 1.807) is 7.11 Å². The highest BCUT2D eigenvalue weighted by atomic mass is 16.5. The van der Waals surface area contributed by atoms with Crippen LogP contribution in [0.3, 0.4) is 0 Å². The fourth-order valence-corrected chi connectivity index (χ4v) is 1.80. The monoisotopic (exact) mass is 212 g/mol. The molecule has 2 rings (SSSR count). The molecule has 2 aromatic carbocycles. The molecule has 0 heterocycles. The van der Waals surface area contributed by atoms with Gasteiger partial charge in [0, 0.05) is 0 Å². The van der Waals surface area contributed by atoms with Gasteiger partial charge in [-0.2, -0.15) is 0 Å². The van der Waals surface area contributed by atoms with Crippen molar-refractivity contribution in [1.82, 2.24) is 0 Å². The summed E-state index contributed by atoms with van der Waals surface area (Å²) in [5, 5.41) is 0. The minimum atomic E-state index is 0.910. The Morgan fingerprint density at radius 1 is 0.938 bits per heavy atom. The first-order valence-corrected chi connectivity index (χ1v) is 5.46. The summed E-state index contributed by atoms with van der Waals surface area (Å²) in [6, 6.07) is 16.9. The molecule has 0 radical (unpaired) electrons. The fraction of sp³-hybridized carbons (Fsp3) is 0.200. The van der Waals surface area contributed by atoms with Crippen molar-refractivity contribution in [3.63, 3.8) is 0 Å². The van der Waals surface area contributed by atoms with Crippen molar-refractivity contribution in [2.24, 2.45) is 0 Å². The zero-order valence-corrected chi connectivity index (χ0v) is 9.73. The molecule has 0 atom stereocenters. The first-order chi connectivity index (χ1) is 7.78. The summed E-state index contributed by atoms with van der Waals surface area (Å²) >= 11 is 0. The summed E-state index contributed by atoms with van der Waals surface area (Å²) in [5.41, 5.74) is 3.97. The van der Waals surface area contributed by atoms with Crippen molar-refractivity contribution in [1.29, 1.82) is 0 Å². The van der Waals surface area contributed by atoms with Gasteiger partial charge in [0.15, 0.2) is 0 Å². The maximum absolute atomic E-state index is 5.14. The molecule has 0 spiro atoms. The Labute approximate surface area is 96.7 Å². The van der Waals surface area contributed by atoms with E-state index < -0.39 is 0 Å². The largest absolute Gasteiger partial charge is 0.497 e. The van der Waals surface area contributed by atoms with Crippen molar-refractivity contribution in [3.8, 4) is 5.75 Å². The van der Waals surface area contributed by atoms with Gasteiger partial charge in [-0.05, 0) is 36.6 Å². The van der Waals surface area contributed by atoms with E-state index in [0.717, 1.165) is 12.2 Å². The molecule has 0 unspecified atom stereocenters. The Bertz CT molecular complexity index is 457. The van der Waals surface area contributed by atoms with Gasteiger partial charge in [-0.3, -0.25) is 0 Å². The van der Waals surface area contributed by atoms with Crippen molar-refractivity contribution in [3.05, 3.63) is 65.2 Å². The first kappa shape index (κ1) is 10.7. The molecule has 0 aliphatic rings. The molecule has 0 aliphatic heterocycles. The zero-order valence-electron chi connectivity index (χ0n) is 9.73. The normalized spacial score (nSPS) is 10.1. The molecule has 16 heavy (non-hydrogen) atoms. The third-order valence-corrected chi connectivity index (χ3v) is 2.65. The molecule has 0 saturated heterocycles. The third-order valence-electron chi connectivity index (χ3n) is 2.65. The maximum Gasteiger partial charge on any atom is 0.118 e. The summed E-state index contributed by atoms with van der Waals surface area (Å²) < 4.78 is 5.14. The van der Waals surface area contributed by atoms with E-state index in [4.69, 9.17) is 4.74 Å². The van der Waals surface area contributed by atoms with Crippen LogP contribution in [0.5, 0.6) is 5.75 Å². The third kappa shape index (κ3) is 2.63. The van der Waals surface area contributed by atoms with Gasteiger partial charge in [0.25, 0.3) is 0 Å². The molecule has 82 valence electrons. The van der Waals surface area contributed by atoms with E-state index >= 15 is 0 Å². The number of methoxy groups -OCH3 is 1. The lowest BCUT2D eigenvalue weighted by Crippen LogP contribution is -1.89. The summed E-state index contributed by atoms with van der Waals surface area (Å²) in [6.45, 7) is 2.12. The fourth-order valence-electron chi connectivity index (χ4n) is 1.80. The molecular formula is C15H16O. The Hall–Kier alpha value is -1.76. The van der Waals surface area contributed by atoms with Gasteiger partial charge in [0.2, 0.25) is 0 Å². The Morgan fingerprint density at radius 3 is 2.31 bits per heavy atom. The van der Waals surface area contributed by atoms with Crippen molar-refractivity contribution in [2.75, 3.05) is 7.11 Å². The average molecular weight is 212 g/mol. The molecule has 0 amide bonds. The lowest BCUT2D eigenvalue weighted by Gasteiger charge is -2.04. The van der Waals surface area contributed by atoms with E-state index in [1.807, 2.05) is 12.1 Å². The van der Waals surface area contributed by atoms with Crippen LogP contribution in [0.4, 0.5) is 0 Å². The molecule has 0 bridgehead atoms. The van der Waals surface area contributed by atoms with Gasteiger partial charge >= 0.3 is 0 Å². The summed E-state index contributed by atoms with van der Waals surface area (Å²) in [5.74, 6) is 0.910. The molecule has 0 aromatic heterocycles. The summed E-state index contributed by atoms with van der Waals surface area (Å²) in [6.07, 6.45) is 0.978. The van der Waals surface area contributed by atoms with E-state index in [-0.39, 0.29) is 0 Å². The second kappa shape index (κ2) is 4.84. The Kier molecular flexibility index (Phi) is 3.25. The van der Waals surface area contributed by atoms with Crippen molar-refractivity contribution >= 4 is 0 Å². The van der Waals surface area contributed by atoms with Crippen LogP contribution >= 0.6 is 0 Å². The number of rotatable bonds is 3. The molecule has 0 N–H and O–H groups in total. The minimum Gasteiger partial charge on any atom is -0.497 e. The van der Waals surface area contributed by atoms with Crippen LogP contribution in [0.2, 0.25) is 0 Å². The van der Waals surface area contributed by atoms with Gasteiger partial charge in [0.1, 0.15) is 5.75 Å². The van der Waals surface area contributed by atoms with Crippen molar-refractivity contribution < 1.29 is 4.74 Å². The van der Waals surface area contributed by atoms with E-state index in [0.29, 0.717) is 0 Å². The summed E-state index contributed by atoms with van der Waals surface area (Å²) in [7, 11) is 1.69. The average Bonchev–Trinajstić information content (AvgIpc) is 2.30. The smallest absolute Gasteiger partial charge is 0.118 e. The molecule has 0 saturated carbocycles. The van der Waals surface area contributed by atoms with Crippen LogP contribution in [0.1, 0.15) is 16.7 Å². The number of aryl methyl sites for hydroxylation is 1. The second-order valence-electron chi connectivity index (χ2n) is 4.01. The summed E-state index contributed by atoms with van der Waals surface area (Å²) in [4.78, 5) is 0. The topological polar surface area (TPSA) is 9.23 Å². The predicted molar refractivity (Wildman–Crippen MR) is 67.0 cm³/mol. The molecule has 0 fully saturated rings. The maximum atomic E-state index is 5.14. The number of hydrogen-bond donors (Lipinski definition) is 0. The van der Waals surface area contributed by atoms with Crippen LogP contribution in [-0.2, 0) is 6.42 Å². The van der Waals surface area contributed by atoms with Crippen LogP contribution in [0.15, 0.2) is 48.5 Å². The quantitative estimate of drug-likeness (QED) is 0.755.